The maximum absolute atomic E-state index is 12.1. The zero-order valence-corrected chi connectivity index (χ0v) is 11.8. The minimum absolute atomic E-state index is 0.0819. The Morgan fingerprint density at radius 3 is 2.39 bits per heavy atom. The number of nitrogens with zero attached hydrogens (tertiary/aromatic N) is 1. The van der Waals surface area contributed by atoms with Crippen molar-refractivity contribution in [3.05, 3.63) is 24.4 Å². The highest BCUT2D eigenvalue weighted by Crippen LogP contribution is 2.14. The molecule has 1 N–H and O–H groups in total. The summed E-state index contributed by atoms with van der Waals surface area (Å²) in [5, 5.41) is 1.41. The molecular weight excluding hydrogens is 252 g/mol. The summed E-state index contributed by atoms with van der Waals surface area (Å²) in [6.45, 7) is 6.76. The van der Waals surface area contributed by atoms with Gasteiger partial charge in [0.25, 0.3) is 0 Å². The maximum atomic E-state index is 12.1. The van der Waals surface area contributed by atoms with Crippen LogP contribution in [0.2, 0.25) is 0 Å². The van der Waals surface area contributed by atoms with Gasteiger partial charge in [-0.2, -0.15) is 0 Å². The van der Waals surface area contributed by atoms with Crippen LogP contribution in [-0.2, 0) is 14.6 Å². The van der Waals surface area contributed by atoms with Crippen molar-refractivity contribution in [1.82, 2.24) is 10.3 Å². The lowest BCUT2D eigenvalue weighted by molar-refractivity contribution is -0.121. The van der Waals surface area contributed by atoms with Gasteiger partial charge >= 0.3 is 0 Å². The van der Waals surface area contributed by atoms with Gasteiger partial charge in [-0.3, -0.25) is 4.79 Å². The summed E-state index contributed by atoms with van der Waals surface area (Å²) in [6.07, 6.45) is 1.39. The van der Waals surface area contributed by atoms with Crippen molar-refractivity contribution < 1.29 is 13.2 Å². The largest absolute Gasteiger partial charge is 0.350 e. The average Bonchev–Trinajstić information content (AvgIpc) is 2.27. The van der Waals surface area contributed by atoms with Crippen molar-refractivity contribution in [3.63, 3.8) is 0 Å². The van der Waals surface area contributed by atoms with Crippen molar-refractivity contribution in [2.75, 3.05) is 0 Å². The SMILES string of the molecule is C[C@H](C(=O)NC(C)(C)C)S(=O)(=O)c1ccccn1. The fraction of sp³-hybridized carbons (Fsp3) is 0.500. The standard InChI is InChI=1S/C12H18N2O3S/c1-9(11(15)14-12(2,3)4)18(16,17)10-7-5-6-8-13-10/h5-9H,1-4H3,(H,14,15)/t9-/m1/s1. The molecule has 6 heteroatoms. The molecule has 5 nitrogen and oxygen atoms in total. The lowest BCUT2D eigenvalue weighted by Crippen LogP contribution is -2.47. The zero-order valence-electron chi connectivity index (χ0n) is 11.0. The van der Waals surface area contributed by atoms with E-state index in [1.54, 1.807) is 32.9 Å². The Balaban J connectivity index is 2.97. The van der Waals surface area contributed by atoms with Crippen LogP contribution in [0.1, 0.15) is 27.7 Å². The second-order valence-electron chi connectivity index (χ2n) is 5.09. The average molecular weight is 270 g/mol. The first-order chi connectivity index (χ1) is 8.14. The van der Waals surface area contributed by atoms with Gasteiger partial charge in [-0.05, 0) is 39.8 Å². The number of sulfone groups is 1. The summed E-state index contributed by atoms with van der Waals surface area (Å²) in [7, 11) is -3.73. The van der Waals surface area contributed by atoms with Crippen LogP contribution in [0, 0.1) is 0 Å². The summed E-state index contributed by atoms with van der Waals surface area (Å²) in [5.74, 6) is -0.520. The van der Waals surface area contributed by atoms with E-state index < -0.39 is 26.5 Å². The molecule has 1 heterocycles. The van der Waals surface area contributed by atoms with Gasteiger partial charge in [-0.15, -0.1) is 0 Å². The highest BCUT2D eigenvalue weighted by Gasteiger charge is 2.32. The van der Waals surface area contributed by atoms with E-state index in [0.717, 1.165) is 0 Å². The predicted octanol–water partition coefficient (Wildman–Crippen LogP) is 1.16. The molecule has 18 heavy (non-hydrogen) atoms. The summed E-state index contributed by atoms with van der Waals surface area (Å²) in [5.41, 5.74) is -0.467. The first-order valence-corrected chi connectivity index (χ1v) is 7.16. The summed E-state index contributed by atoms with van der Waals surface area (Å²) >= 11 is 0. The number of rotatable bonds is 3. The highest BCUT2D eigenvalue weighted by atomic mass is 32.2. The number of aromatic nitrogens is 1. The van der Waals surface area contributed by atoms with Crippen molar-refractivity contribution in [2.45, 2.75) is 43.5 Å². The Hall–Kier alpha value is -1.43. The van der Waals surface area contributed by atoms with Crippen molar-refractivity contribution in [3.8, 4) is 0 Å². The quantitative estimate of drug-likeness (QED) is 0.894. The van der Waals surface area contributed by atoms with Crippen LogP contribution in [-0.4, -0.2) is 30.1 Å². The van der Waals surface area contributed by atoms with Gasteiger partial charge in [0.05, 0.1) is 0 Å². The second kappa shape index (κ2) is 5.06. The van der Waals surface area contributed by atoms with E-state index in [9.17, 15) is 13.2 Å². The lowest BCUT2D eigenvalue weighted by atomic mass is 10.1. The van der Waals surface area contributed by atoms with E-state index in [-0.39, 0.29) is 5.03 Å². The predicted molar refractivity (Wildman–Crippen MR) is 68.8 cm³/mol. The molecule has 0 saturated carbocycles. The van der Waals surface area contributed by atoms with E-state index in [1.807, 2.05) is 0 Å². The molecule has 100 valence electrons. The molecule has 1 aromatic rings. The Bertz CT molecular complexity index is 518. The van der Waals surface area contributed by atoms with Crippen molar-refractivity contribution >= 4 is 15.7 Å². The van der Waals surface area contributed by atoms with Crippen LogP contribution in [0.5, 0.6) is 0 Å². The first-order valence-electron chi connectivity index (χ1n) is 5.61. The van der Waals surface area contributed by atoms with E-state index >= 15 is 0 Å². The lowest BCUT2D eigenvalue weighted by Gasteiger charge is -2.23. The first kappa shape index (κ1) is 14.6. The minimum Gasteiger partial charge on any atom is -0.350 e. The molecule has 0 spiro atoms. The molecule has 0 aliphatic carbocycles. The number of carbonyl (C=O) groups is 1. The Kier molecular flexibility index (Phi) is 4.11. The third kappa shape index (κ3) is 3.53. The van der Waals surface area contributed by atoms with Gasteiger partial charge < -0.3 is 5.32 Å². The second-order valence-corrected chi connectivity index (χ2v) is 7.31. The third-order valence-electron chi connectivity index (χ3n) is 2.26. The molecule has 0 aromatic carbocycles. The number of pyridine rings is 1. The number of carbonyl (C=O) groups excluding carboxylic acids is 1. The van der Waals surface area contributed by atoms with Crippen LogP contribution >= 0.6 is 0 Å². The van der Waals surface area contributed by atoms with Crippen LogP contribution in [0.25, 0.3) is 0 Å². The van der Waals surface area contributed by atoms with Gasteiger partial charge in [-0.25, -0.2) is 13.4 Å². The molecule has 1 atom stereocenters. The molecule has 0 fully saturated rings. The van der Waals surface area contributed by atoms with E-state index in [4.69, 9.17) is 0 Å². The number of hydrogen-bond donors (Lipinski definition) is 1. The molecule has 0 unspecified atom stereocenters. The third-order valence-corrected chi connectivity index (χ3v) is 4.23. The highest BCUT2D eigenvalue weighted by molar-refractivity contribution is 7.92. The van der Waals surface area contributed by atoms with Crippen LogP contribution in [0.3, 0.4) is 0 Å². The normalized spacial score (nSPS) is 14.0. The molecule has 0 bridgehead atoms. The topological polar surface area (TPSA) is 76.1 Å². The van der Waals surface area contributed by atoms with Crippen molar-refractivity contribution in [2.24, 2.45) is 0 Å². The van der Waals surface area contributed by atoms with E-state index in [2.05, 4.69) is 10.3 Å². The van der Waals surface area contributed by atoms with Gasteiger partial charge in [0.15, 0.2) is 5.03 Å². The van der Waals surface area contributed by atoms with Crippen LogP contribution < -0.4 is 5.32 Å². The van der Waals surface area contributed by atoms with Gasteiger partial charge in [0.2, 0.25) is 15.7 Å². The number of amides is 1. The number of hydrogen-bond acceptors (Lipinski definition) is 4. The molecule has 0 radical (unpaired) electrons. The Morgan fingerprint density at radius 2 is 1.94 bits per heavy atom. The van der Waals surface area contributed by atoms with Crippen LogP contribution in [0.15, 0.2) is 29.4 Å². The Morgan fingerprint density at radius 1 is 1.33 bits per heavy atom. The fourth-order valence-corrected chi connectivity index (χ4v) is 2.49. The molecule has 1 aromatic heterocycles. The zero-order chi connectivity index (χ0) is 14.0. The fourth-order valence-electron chi connectivity index (χ4n) is 1.31. The van der Waals surface area contributed by atoms with Crippen LogP contribution in [0.4, 0.5) is 0 Å². The van der Waals surface area contributed by atoms with Gasteiger partial charge in [0.1, 0.15) is 5.25 Å². The summed E-state index contributed by atoms with van der Waals surface area (Å²) < 4.78 is 24.3. The number of nitrogens with one attached hydrogen (secondary N) is 1. The monoisotopic (exact) mass is 270 g/mol. The molecule has 0 aliphatic rings. The van der Waals surface area contributed by atoms with E-state index in [1.165, 1.54) is 19.2 Å². The smallest absolute Gasteiger partial charge is 0.238 e. The molecule has 0 aliphatic heterocycles. The Labute approximate surface area is 108 Å². The minimum atomic E-state index is -3.73. The molecule has 1 rings (SSSR count). The molecule has 0 saturated heterocycles. The van der Waals surface area contributed by atoms with E-state index in [0.29, 0.717) is 0 Å². The molecule has 1 amide bonds. The summed E-state index contributed by atoms with van der Waals surface area (Å²) in [4.78, 5) is 15.6. The van der Waals surface area contributed by atoms with Gasteiger partial charge in [0, 0.05) is 11.7 Å². The molecular formula is C12H18N2O3S. The van der Waals surface area contributed by atoms with Crippen molar-refractivity contribution in [1.29, 1.82) is 0 Å². The summed E-state index contributed by atoms with van der Waals surface area (Å²) in [6, 6.07) is 4.59. The van der Waals surface area contributed by atoms with Gasteiger partial charge in [-0.1, -0.05) is 6.07 Å². The maximum Gasteiger partial charge on any atom is 0.238 e.